The van der Waals surface area contributed by atoms with Crippen LogP contribution in [0.15, 0.2) is 35.7 Å². The third-order valence-corrected chi connectivity index (χ3v) is 5.19. The number of nitrogens with one attached hydrogen (secondary N) is 1. The maximum absolute atomic E-state index is 12.3. The highest BCUT2D eigenvalue weighted by Crippen LogP contribution is 2.17. The van der Waals surface area contributed by atoms with Gasteiger partial charge < -0.3 is 11.1 Å². The smallest absolute Gasteiger partial charge is 0.226 e. The SMILES string of the molecule is CCC(CC)(CN)NC(=O)Cc1csc(Cc2ccccc2)n1.Cl.Cl. The first kappa shape index (κ1) is 23.9. The Morgan fingerprint density at radius 1 is 1.20 bits per heavy atom. The summed E-state index contributed by atoms with van der Waals surface area (Å²) in [5.74, 6) is -0.00397. The molecule has 3 N–H and O–H groups in total. The van der Waals surface area contributed by atoms with Crippen molar-refractivity contribution < 1.29 is 4.79 Å². The molecule has 0 aliphatic carbocycles. The maximum atomic E-state index is 12.3. The molecule has 0 atom stereocenters. The zero-order valence-electron chi connectivity index (χ0n) is 14.7. The largest absolute Gasteiger partial charge is 0.349 e. The van der Waals surface area contributed by atoms with Crippen LogP contribution >= 0.6 is 36.2 Å². The summed E-state index contributed by atoms with van der Waals surface area (Å²) in [5.41, 5.74) is 7.60. The van der Waals surface area contributed by atoms with E-state index in [4.69, 9.17) is 5.73 Å². The Labute approximate surface area is 166 Å². The average Bonchev–Trinajstić information content (AvgIpc) is 3.00. The van der Waals surface area contributed by atoms with Gasteiger partial charge in [0.25, 0.3) is 0 Å². The Balaban J connectivity index is 0.00000288. The van der Waals surface area contributed by atoms with E-state index in [9.17, 15) is 4.79 Å². The lowest BCUT2D eigenvalue weighted by Crippen LogP contribution is -2.53. The molecule has 0 radical (unpaired) electrons. The number of amides is 1. The molecule has 0 saturated carbocycles. The molecular formula is C18H27Cl2N3OS. The molecule has 1 aromatic carbocycles. The van der Waals surface area contributed by atoms with Crippen molar-refractivity contribution >= 4 is 42.1 Å². The summed E-state index contributed by atoms with van der Waals surface area (Å²) in [6.45, 7) is 4.57. The topological polar surface area (TPSA) is 68.0 Å². The van der Waals surface area contributed by atoms with Crippen LogP contribution in [0.2, 0.25) is 0 Å². The normalized spacial score (nSPS) is 10.5. The summed E-state index contributed by atoms with van der Waals surface area (Å²) in [7, 11) is 0. The van der Waals surface area contributed by atoms with Crippen molar-refractivity contribution in [3.8, 4) is 0 Å². The number of nitrogens with two attached hydrogens (primary N) is 1. The van der Waals surface area contributed by atoms with Gasteiger partial charge in [-0.15, -0.1) is 36.2 Å². The van der Waals surface area contributed by atoms with E-state index in [1.807, 2.05) is 23.6 Å². The van der Waals surface area contributed by atoms with Gasteiger partial charge in [0.05, 0.1) is 22.7 Å². The van der Waals surface area contributed by atoms with Crippen LogP contribution in [-0.2, 0) is 17.6 Å². The lowest BCUT2D eigenvalue weighted by Gasteiger charge is -2.31. The summed E-state index contributed by atoms with van der Waals surface area (Å²) < 4.78 is 0. The van der Waals surface area contributed by atoms with Crippen molar-refractivity contribution in [3.63, 3.8) is 0 Å². The van der Waals surface area contributed by atoms with Gasteiger partial charge in [-0.05, 0) is 18.4 Å². The summed E-state index contributed by atoms with van der Waals surface area (Å²) in [5, 5.41) is 6.10. The van der Waals surface area contributed by atoms with Crippen molar-refractivity contribution in [1.82, 2.24) is 10.3 Å². The van der Waals surface area contributed by atoms with Crippen LogP contribution in [-0.4, -0.2) is 23.0 Å². The molecular weight excluding hydrogens is 377 g/mol. The van der Waals surface area contributed by atoms with Crippen LogP contribution in [0.1, 0.15) is 43.0 Å². The molecule has 1 heterocycles. The van der Waals surface area contributed by atoms with Crippen molar-refractivity contribution in [2.45, 2.75) is 45.1 Å². The highest BCUT2D eigenvalue weighted by molar-refractivity contribution is 7.09. The molecule has 0 spiro atoms. The Kier molecular flexibility index (Phi) is 10.9. The molecule has 0 aliphatic rings. The van der Waals surface area contributed by atoms with Gasteiger partial charge in [-0.25, -0.2) is 4.98 Å². The zero-order chi connectivity index (χ0) is 16.7. The predicted molar refractivity (Wildman–Crippen MR) is 110 cm³/mol. The van der Waals surface area contributed by atoms with E-state index in [0.29, 0.717) is 13.0 Å². The lowest BCUT2D eigenvalue weighted by atomic mass is 9.92. The second-order valence-corrected chi connectivity index (χ2v) is 6.75. The molecule has 0 fully saturated rings. The molecule has 140 valence electrons. The van der Waals surface area contributed by atoms with Gasteiger partial charge in [-0.1, -0.05) is 44.2 Å². The molecule has 25 heavy (non-hydrogen) atoms. The van der Waals surface area contributed by atoms with Gasteiger partial charge in [0.2, 0.25) is 5.91 Å². The van der Waals surface area contributed by atoms with E-state index in [-0.39, 0.29) is 36.3 Å². The Bertz CT molecular complexity index is 622. The quantitative estimate of drug-likeness (QED) is 0.704. The molecule has 0 aliphatic heterocycles. The van der Waals surface area contributed by atoms with E-state index >= 15 is 0 Å². The monoisotopic (exact) mass is 403 g/mol. The second-order valence-electron chi connectivity index (χ2n) is 5.81. The van der Waals surface area contributed by atoms with Gasteiger partial charge in [0.1, 0.15) is 0 Å². The molecule has 1 aromatic heterocycles. The summed E-state index contributed by atoms with van der Waals surface area (Å²) >= 11 is 1.61. The molecule has 1 amide bonds. The minimum absolute atomic E-state index is 0. The average molecular weight is 404 g/mol. The number of nitrogens with zero attached hydrogens (tertiary/aromatic N) is 1. The van der Waals surface area contributed by atoms with Crippen molar-refractivity contribution in [2.75, 3.05) is 6.54 Å². The highest BCUT2D eigenvalue weighted by Gasteiger charge is 2.26. The van der Waals surface area contributed by atoms with Gasteiger partial charge in [0.15, 0.2) is 0 Å². The van der Waals surface area contributed by atoms with Gasteiger partial charge in [-0.3, -0.25) is 4.79 Å². The molecule has 0 bridgehead atoms. The molecule has 4 nitrogen and oxygen atoms in total. The number of carbonyl (C=O) groups is 1. The fourth-order valence-corrected chi connectivity index (χ4v) is 3.38. The first-order valence-corrected chi connectivity index (χ1v) is 8.97. The van der Waals surface area contributed by atoms with Gasteiger partial charge >= 0.3 is 0 Å². The first-order chi connectivity index (χ1) is 11.1. The lowest BCUT2D eigenvalue weighted by molar-refractivity contribution is -0.122. The van der Waals surface area contributed by atoms with Crippen LogP contribution in [0.5, 0.6) is 0 Å². The van der Waals surface area contributed by atoms with Crippen LogP contribution in [0.3, 0.4) is 0 Å². The van der Waals surface area contributed by atoms with Crippen LogP contribution in [0.25, 0.3) is 0 Å². The number of halogens is 2. The second kappa shape index (κ2) is 11.5. The van der Waals surface area contributed by atoms with E-state index in [2.05, 4.69) is 36.3 Å². The van der Waals surface area contributed by atoms with E-state index in [1.54, 1.807) is 11.3 Å². The number of aromatic nitrogens is 1. The molecule has 2 aromatic rings. The minimum Gasteiger partial charge on any atom is -0.349 e. The molecule has 0 unspecified atom stereocenters. The number of hydrogen-bond acceptors (Lipinski definition) is 4. The maximum Gasteiger partial charge on any atom is 0.226 e. The third kappa shape index (κ3) is 6.94. The van der Waals surface area contributed by atoms with Gasteiger partial charge in [-0.2, -0.15) is 0 Å². The summed E-state index contributed by atoms with van der Waals surface area (Å²) in [4.78, 5) is 16.8. The van der Waals surface area contributed by atoms with Gasteiger partial charge in [0, 0.05) is 18.3 Å². The molecule has 7 heteroatoms. The number of benzene rings is 1. The fraction of sp³-hybridized carbons (Fsp3) is 0.444. The van der Waals surface area contributed by atoms with Crippen molar-refractivity contribution in [3.05, 3.63) is 52.0 Å². The van der Waals surface area contributed by atoms with Crippen LogP contribution in [0, 0.1) is 0 Å². The standard InChI is InChI=1S/C18H25N3OS.2ClH/c1-3-18(4-2,13-19)21-16(22)11-15-12-23-17(20-15)10-14-8-6-5-7-9-14;;/h5-9,12H,3-4,10-11,13,19H2,1-2H3,(H,21,22);2*1H. The minimum atomic E-state index is -0.292. The van der Waals surface area contributed by atoms with Crippen LogP contribution in [0.4, 0.5) is 0 Å². The summed E-state index contributed by atoms with van der Waals surface area (Å²) in [6.07, 6.45) is 2.79. The Hall–Kier alpha value is -1.14. The molecule has 0 saturated heterocycles. The third-order valence-electron chi connectivity index (χ3n) is 4.29. The fourth-order valence-electron chi connectivity index (χ4n) is 2.55. The number of hydrogen-bond donors (Lipinski definition) is 2. The highest BCUT2D eigenvalue weighted by atomic mass is 35.5. The Morgan fingerprint density at radius 2 is 1.84 bits per heavy atom. The first-order valence-electron chi connectivity index (χ1n) is 8.09. The van der Waals surface area contributed by atoms with Crippen molar-refractivity contribution in [1.29, 1.82) is 0 Å². The molecule has 2 rings (SSSR count). The van der Waals surface area contributed by atoms with E-state index < -0.39 is 0 Å². The van der Waals surface area contributed by atoms with Crippen molar-refractivity contribution in [2.24, 2.45) is 5.73 Å². The van der Waals surface area contributed by atoms with E-state index in [0.717, 1.165) is 30.0 Å². The van der Waals surface area contributed by atoms with Crippen LogP contribution < -0.4 is 11.1 Å². The number of rotatable bonds is 8. The Morgan fingerprint density at radius 3 is 2.40 bits per heavy atom. The predicted octanol–water partition coefficient (Wildman–Crippen LogP) is 3.75. The number of thiazole rings is 1. The zero-order valence-corrected chi connectivity index (χ0v) is 17.1. The summed E-state index contributed by atoms with van der Waals surface area (Å²) in [6, 6.07) is 10.2. The number of carbonyl (C=O) groups excluding carboxylic acids is 1. The van der Waals surface area contributed by atoms with E-state index in [1.165, 1.54) is 5.56 Å².